The molecule has 0 saturated heterocycles. The van der Waals surface area contributed by atoms with Crippen LogP contribution in [0.1, 0.15) is 11.3 Å². The van der Waals surface area contributed by atoms with Gasteiger partial charge in [-0.3, -0.25) is 9.59 Å². The van der Waals surface area contributed by atoms with E-state index in [2.05, 4.69) is 0 Å². The third kappa shape index (κ3) is 5.16. The van der Waals surface area contributed by atoms with Gasteiger partial charge in [-0.15, -0.1) is 23.7 Å². The minimum atomic E-state index is -0.845. The largest absolute Gasteiger partial charge is 0.370 e. The lowest BCUT2D eigenvalue weighted by Gasteiger charge is -2.19. The third-order valence-electron chi connectivity index (χ3n) is 2.09. The van der Waals surface area contributed by atoms with Gasteiger partial charge in [0, 0.05) is 11.9 Å². The highest BCUT2D eigenvalue weighted by Gasteiger charge is 2.20. The predicted octanol–water partition coefficient (Wildman–Crippen LogP) is 0.331. The summed E-state index contributed by atoms with van der Waals surface area (Å²) in [6.45, 7) is 0.503. The molecule has 1 rings (SSSR count). The van der Waals surface area contributed by atoms with Crippen LogP contribution in [0.25, 0.3) is 0 Å². The van der Waals surface area contributed by atoms with Crippen molar-refractivity contribution in [3.05, 3.63) is 22.4 Å². The number of hydrogen-bond donors (Lipinski definition) is 2. The van der Waals surface area contributed by atoms with Gasteiger partial charge >= 0.3 is 0 Å². The van der Waals surface area contributed by atoms with Gasteiger partial charge < -0.3 is 16.4 Å². The van der Waals surface area contributed by atoms with Crippen molar-refractivity contribution in [2.75, 3.05) is 7.05 Å². The van der Waals surface area contributed by atoms with E-state index in [4.69, 9.17) is 11.5 Å². The molecule has 1 atom stereocenters. The number of nitrogens with two attached hydrogens (primary N) is 2. The second-order valence-corrected chi connectivity index (χ2v) is 4.58. The zero-order valence-corrected chi connectivity index (χ0v) is 11.1. The van der Waals surface area contributed by atoms with Crippen molar-refractivity contribution in [2.45, 2.75) is 19.0 Å². The first-order valence-electron chi connectivity index (χ1n) is 4.82. The quantitative estimate of drug-likeness (QED) is 0.813. The van der Waals surface area contributed by atoms with E-state index in [-0.39, 0.29) is 24.7 Å². The van der Waals surface area contributed by atoms with Gasteiger partial charge in [0.25, 0.3) is 0 Å². The van der Waals surface area contributed by atoms with E-state index >= 15 is 0 Å². The summed E-state index contributed by atoms with van der Waals surface area (Å²) in [6, 6.07) is 3.01. The fourth-order valence-corrected chi connectivity index (χ4v) is 2.06. The zero-order chi connectivity index (χ0) is 12.1. The van der Waals surface area contributed by atoms with Crippen molar-refractivity contribution in [3.63, 3.8) is 0 Å². The molecule has 1 aromatic heterocycles. The summed E-state index contributed by atoms with van der Waals surface area (Å²) in [5.74, 6) is -0.836. The number of rotatable bonds is 5. The van der Waals surface area contributed by atoms with Gasteiger partial charge in [-0.25, -0.2) is 0 Å². The van der Waals surface area contributed by atoms with Crippen LogP contribution in [0.15, 0.2) is 17.5 Å². The normalized spacial score (nSPS) is 11.4. The SMILES string of the molecule is CN(Cc1cccs1)C(=O)C(N)CC(N)=O.Cl. The van der Waals surface area contributed by atoms with E-state index in [1.165, 1.54) is 4.90 Å². The average molecular weight is 278 g/mol. The maximum absolute atomic E-state index is 11.7. The molecule has 1 unspecified atom stereocenters. The number of amides is 2. The summed E-state index contributed by atoms with van der Waals surface area (Å²) >= 11 is 1.57. The van der Waals surface area contributed by atoms with Crippen LogP contribution in [0.3, 0.4) is 0 Å². The molecule has 0 fully saturated rings. The van der Waals surface area contributed by atoms with Gasteiger partial charge in [0.05, 0.1) is 19.0 Å². The first kappa shape index (κ1) is 15.9. The fraction of sp³-hybridized carbons (Fsp3) is 0.400. The van der Waals surface area contributed by atoms with Crippen molar-refractivity contribution in [1.82, 2.24) is 4.90 Å². The molecule has 0 spiro atoms. The van der Waals surface area contributed by atoms with E-state index in [1.54, 1.807) is 18.4 Å². The van der Waals surface area contributed by atoms with Gasteiger partial charge in [-0.2, -0.15) is 0 Å². The summed E-state index contributed by atoms with van der Waals surface area (Å²) in [5.41, 5.74) is 10.5. The monoisotopic (exact) mass is 277 g/mol. The van der Waals surface area contributed by atoms with Crippen molar-refractivity contribution >= 4 is 35.6 Å². The van der Waals surface area contributed by atoms with Crippen molar-refractivity contribution in [1.29, 1.82) is 0 Å². The lowest BCUT2D eigenvalue weighted by Crippen LogP contribution is -2.43. The molecule has 4 N–H and O–H groups in total. The van der Waals surface area contributed by atoms with Crippen LogP contribution in [-0.2, 0) is 16.1 Å². The molecule has 17 heavy (non-hydrogen) atoms. The Bertz CT molecular complexity index is 370. The van der Waals surface area contributed by atoms with Crippen molar-refractivity contribution in [2.24, 2.45) is 11.5 Å². The van der Waals surface area contributed by atoms with Crippen molar-refractivity contribution in [3.8, 4) is 0 Å². The molecular weight excluding hydrogens is 262 g/mol. The molecule has 1 heterocycles. The fourth-order valence-electron chi connectivity index (χ4n) is 1.30. The summed E-state index contributed by atoms with van der Waals surface area (Å²) < 4.78 is 0. The molecule has 2 amide bonds. The molecule has 0 radical (unpaired) electrons. The van der Waals surface area contributed by atoms with Gasteiger partial charge in [0.2, 0.25) is 11.8 Å². The number of carbonyl (C=O) groups is 2. The molecule has 1 aromatic rings. The van der Waals surface area contributed by atoms with Crippen LogP contribution in [-0.4, -0.2) is 29.8 Å². The number of halogens is 1. The topological polar surface area (TPSA) is 89.4 Å². The first-order valence-corrected chi connectivity index (χ1v) is 5.70. The molecule has 0 aliphatic heterocycles. The number of hydrogen-bond acceptors (Lipinski definition) is 4. The van der Waals surface area contributed by atoms with Crippen LogP contribution in [0, 0.1) is 0 Å². The highest BCUT2D eigenvalue weighted by molar-refractivity contribution is 7.09. The second-order valence-electron chi connectivity index (χ2n) is 3.55. The Labute approximate surface area is 110 Å². The Kier molecular flexibility index (Phi) is 6.79. The zero-order valence-electron chi connectivity index (χ0n) is 9.46. The Balaban J connectivity index is 0.00000256. The standard InChI is InChI=1S/C10H15N3O2S.ClH/c1-13(6-7-3-2-4-16-7)10(15)8(11)5-9(12)14;/h2-4,8H,5-6,11H2,1H3,(H2,12,14);1H. The van der Waals surface area contributed by atoms with E-state index in [0.717, 1.165) is 4.88 Å². The molecule has 96 valence electrons. The van der Waals surface area contributed by atoms with Crippen LogP contribution >= 0.6 is 23.7 Å². The number of thiophene rings is 1. The number of primary amides is 1. The average Bonchev–Trinajstić information content (AvgIpc) is 2.68. The number of nitrogens with zero attached hydrogens (tertiary/aromatic N) is 1. The van der Waals surface area contributed by atoms with E-state index in [1.807, 2.05) is 17.5 Å². The summed E-state index contributed by atoms with van der Waals surface area (Å²) in [7, 11) is 1.66. The highest BCUT2D eigenvalue weighted by Crippen LogP contribution is 2.11. The van der Waals surface area contributed by atoms with E-state index in [9.17, 15) is 9.59 Å². The Hall–Kier alpha value is -1.11. The maximum Gasteiger partial charge on any atom is 0.240 e. The summed E-state index contributed by atoms with van der Waals surface area (Å²) in [5, 5.41) is 1.94. The Morgan fingerprint density at radius 3 is 2.65 bits per heavy atom. The molecule has 0 aliphatic rings. The molecule has 0 aromatic carbocycles. The molecular formula is C10H16ClN3O2S. The highest BCUT2D eigenvalue weighted by atomic mass is 35.5. The van der Waals surface area contributed by atoms with Gasteiger partial charge in [-0.05, 0) is 11.4 Å². The van der Waals surface area contributed by atoms with Gasteiger partial charge in [0.1, 0.15) is 0 Å². The minimum Gasteiger partial charge on any atom is -0.370 e. The lowest BCUT2D eigenvalue weighted by atomic mass is 10.2. The third-order valence-corrected chi connectivity index (χ3v) is 2.95. The first-order chi connectivity index (χ1) is 7.50. The molecule has 0 bridgehead atoms. The number of carbonyl (C=O) groups excluding carboxylic acids is 2. The van der Waals surface area contributed by atoms with E-state index in [0.29, 0.717) is 6.54 Å². The van der Waals surface area contributed by atoms with Crippen LogP contribution in [0.4, 0.5) is 0 Å². The summed E-state index contributed by atoms with van der Waals surface area (Å²) in [4.78, 5) is 24.9. The number of likely N-dealkylation sites (N-methyl/N-ethyl adjacent to an activating group) is 1. The van der Waals surface area contributed by atoms with Crippen LogP contribution in [0.2, 0.25) is 0 Å². The van der Waals surface area contributed by atoms with Gasteiger partial charge in [-0.1, -0.05) is 6.07 Å². The van der Waals surface area contributed by atoms with Crippen LogP contribution < -0.4 is 11.5 Å². The molecule has 0 aliphatic carbocycles. The lowest BCUT2D eigenvalue weighted by molar-refractivity contribution is -0.133. The predicted molar refractivity (Wildman–Crippen MR) is 69.8 cm³/mol. The molecule has 0 saturated carbocycles. The molecule has 5 nitrogen and oxygen atoms in total. The Morgan fingerprint density at radius 1 is 1.53 bits per heavy atom. The molecule has 7 heteroatoms. The second kappa shape index (κ2) is 7.26. The van der Waals surface area contributed by atoms with Crippen LogP contribution in [0.5, 0.6) is 0 Å². The Morgan fingerprint density at radius 2 is 2.18 bits per heavy atom. The van der Waals surface area contributed by atoms with Crippen molar-refractivity contribution < 1.29 is 9.59 Å². The minimum absolute atomic E-state index is 0. The van der Waals surface area contributed by atoms with E-state index < -0.39 is 11.9 Å². The van der Waals surface area contributed by atoms with Gasteiger partial charge in [0.15, 0.2) is 0 Å². The maximum atomic E-state index is 11.7. The smallest absolute Gasteiger partial charge is 0.240 e. The summed E-state index contributed by atoms with van der Waals surface area (Å²) in [6.07, 6.45) is -0.117.